The van der Waals surface area contributed by atoms with Gasteiger partial charge in [0.25, 0.3) is 0 Å². The molecule has 0 saturated heterocycles. The van der Waals surface area contributed by atoms with Crippen molar-refractivity contribution in [3.63, 3.8) is 0 Å². The third-order valence-electron chi connectivity index (χ3n) is 2.71. The molecule has 0 bridgehead atoms. The van der Waals surface area contributed by atoms with Crippen molar-refractivity contribution in [2.75, 3.05) is 0 Å². The average molecular weight is 330 g/mol. The Hall–Kier alpha value is -1.29. The Bertz CT molecular complexity index is 648. The smallest absolute Gasteiger partial charge is 0.123 e. The third-order valence-corrected chi connectivity index (χ3v) is 3.51. The lowest BCUT2D eigenvalue weighted by atomic mass is 10.1. The zero-order valence-electron chi connectivity index (χ0n) is 10.6. The summed E-state index contributed by atoms with van der Waals surface area (Å²) in [6.45, 7) is 2.06. The van der Waals surface area contributed by atoms with E-state index in [4.69, 9.17) is 34.8 Å². The highest BCUT2D eigenvalue weighted by atomic mass is 35.5. The molecule has 0 radical (unpaired) electrons. The van der Waals surface area contributed by atoms with Crippen LogP contribution in [0.15, 0.2) is 40.6 Å². The van der Waals surface area contributed by atoms with Crippen molar-refractivity contribution in [1.82, 2.24) is 0 Å². The van der Waals surface area contributed by atoms with Crippen molar-refractivity contribution < 1.29 is 5.11 Å². The summed E-state index contributed by atoms with van der Waals surface area (Å²) in [6, 6.07) is 8.55. The van der Waals surface area contributed by atoms with E-state index >= 15 is 0 Å². The molecule has 20 heavy (non-hydrogen) atoms. The van der Waals surface area contributed by atoms with Gasteiger partial charge in [0.15, 0.2) is 0 Å². The predicted molar refractivity (Wildman–Crippen MR) is 82.5 cm³/mol. The first-order valence-corrected chi connectivity index (χ1v) is 6.92. The van der Waals surface area contributed by atoms with E-state index < -0.39 is 0 Å². The molecule has 0 aliphatic carbocycles. The molecule has 0 heterocycles. The Kier molecular flexibility index (Phi) is 4.86. The van der Waals surface area contributed by atoms with Crippen molar-refractivity contribution in [1.29, 1.82) is 0 Å². The van der Waals surface area contributed by atoms with Crippen LogP contribution in [0.25, 0.3) is 0 Å². The van der Waals surface area contributed by atoms with Gasteiger partial charge in [-0.3, -0.25) is 0 Å². The van der Waals surface area contributed by atoms with E-state index in [1.165, 1.54) is 0 Å². The Balaban J connectivity index is 2.21. The van der Waals surface area contributed by atoms with Crippen molar-refractivity contribution >= 4 is 40.5 Å². The second kappa shape index (κ2) is 6.44. The molecule has 1 N–H and O–H groups in total. The van der Waals surface area contributed by atoms with Crippen molar-refractivity contribution in [3.05, 3.63) is 56.5 Å². The fraction of sp³-hybridized carbons (Fsp3) is 0.143. The molecule has 2 aromatic rings. The van der Waals surface area contributed by atoms with Crippen molar-refractivity contribution in [3.8, 4) is 5.75 Å². The van der Waals surface area contributed by atoms with Gasteiger partial charge in [-0.1, -0.05) is 53.0 Å². The van der Waals surface area contributed by atoms with Crippen LogP contribution in [0.4, 0.5) is 5.69 Å². The number of nitrogens with zero attached hydrogens (tertiary/aromatic N) is 2. The fourth-order valence-corrected chi connectivity index (χ4v) is 2.55. The molecule has 2 aromatic carbocycles. The lowest BCUT2D eigenvalue weighted by Crippen LogP contribution is -1.84. The summed E-state index contributed by atoms with van der Waals surface area (Å²) in [4.78, 5) is 0. The average Bonchev–Trinajstić information content (AvgIpc) is 2.37. The highest BCUT2D eigenvalue weighted by Gasteiger charge is 2.07. The maximum absolute atomic E-state index is 9.87. The largest absolute Gasteiger partial charge is 0.507 e. The van der Waals surface area contributed by atoms with E-state index in [0.717, 1.165) is 5.56 Å². The molecule has 0 aromatic heterocycles. The van der Waals surface area contributed by atoms with Gasteiger partial charge in [0.1, 0.15) is 11.4 Å². The molecule has 0 aliphatic heterocycles. The summed E-state index contributed by atoms with van der Waals surface area (Å²) >= 11 is 17.8. The van der Waals surface area contributed by atoms with Crippen LogP contribution >= 0.6 is 34.8 Å². The van der Waals surface area contributed by atoms with Gasteiger partial charge >= 0.3 is 0 Å². The molecular formula is C14H11Cl3N2O. The first-order chi connectivity index (χ1) is 9.49. The van der Waals surface area contributed by atoms with Gasteiger partial charge in [-0.05, 0) is 24.6 Å². The summed E-state index contributed by atoms with van der Waals surface area (Å²) < 4.78 is 0. The molecule has 0 spiro atoms. The Morgan fingerprint density at radius 2 is 1.75 bits per heavy atom. The van der Waals surface area contributed by atoms with E-state index in [-0.39, 0.29) is 12.3 Å². The van der Waals surface area contributed by atoms with Gasteiger partial charge in [0.2, 0.25) is 0 Å². The van der Waals surface area contributed by atoms with Crippen LogP contribution in [0.5, 0.6) is 5.75 Å². The molecule has 3 nitrogen and oxygen atoms in total. The molecule has 104 valence electrons. The second-order valence-electron chi connectivity index (χ2n) is 4.20. The van der Waals surface area contributed by atoms with E-state index in [1.54, 1.807) is 18.2 Å². The van der Waals surface area contributed by atoms with Gasteiger partial charge in [0, 0.05) is 10.6 Å². The highest BCUT2D eigenvalue weighted by molar-refractivity contribution is 6.41. The SMILES string of the molecule is Cc1cccc(CN=Nc2c(Cl)cc(Cl)cc2Cl)c1O. The Labute approximate surface area is 131 Å². The summed E-state index contributed by atoms with van der Waals surface area (Å²) in [5.41, 5.74) is 1.85. The number of phenolic OH excluding ortho intramolecular Hbond substituents is 1. The number of phenols is 1. The van der Waals surface area contributed by atoms with Gasteiger partial charge in [-0.2, -0.15) is 10.2 Å². The molecule has 0 amide bonds. The number of hydrogen-bond donors (Lipinski definition) is 1. The van der Waals surface area contributed by atoms with Gasteiger partial charge in [-0.15, -0.1) is 0 Å². The van der Waals surface area contributed by atoms with Gasteiger partial charge in [-0.25, -0.2) is 0 Å². The molecular weight excluding hydrogens is 319 g/mol. The summed E-state index contributed by atoms with van der Waals surface area (Å²) in [7, 11) is 0. The van der Waals surface area contributed by atoms with E-state index in [2.05, 4.69) is 10.2 Å². The number of aromatic hydroxyl groups is 1. The quantitative estimate of drug-likeness (QED) is 0.695. The fourth-order valence-electron chi connectivity index (χ4n) is 1.66. The van der Waals surface area contributed by atoms with Gasteiger partial charge in [0.05, 0.1) is 16.6 Å². The molecule has 0 aliphatic rings. The lowest BCUT2D eigenvalue weighted by Gasteiger charge is -2.04. The molecule has 0 atom stereocenters. The number of para-hydroxylation sites is 1. The number of hydrogen-bond acceptors (Lipinski definition) is 3. The van der Waals surface area contributed by atoms with Crippen LogP contribution in [-0.2, 0) is 6.54 Å². The van der Waals surface area contributed by atoms with Crippen molar-refractivity contribution in [2.24, 2.45) is 10.2 Å². The number of halogens is 3. The van der Waals surface area contributed by atoms with Gasteiger partial charge < -0.3 is 5.11 Å². The number of aryl methyl sites for hydroxylation is 1. The number of azo groups is 1. The minimum atomic E-state index is 0.222. The zero-order valence-corrected chi connectivity index (χ0v) is 12.8. The Morgan fingerprint density at radius 1 is 1.10 bits per heavy atom. The molecule has 2 rings (SSSR count). The predicted octanol–water partition coefficient (Wildman–Crippen LogP) is 5.94. The summed E-state index contributed by atoms with van der Waals surface area (Å²) in [5.74, 6) is 0.222. The topological polar surface area (TPSA) is 45.0 Å². The number of benzene rings is 2. The molecule has 0 saturated carbocycles. The Morgan fingerprint density at radius 3 is 2.40 bits per heavy atom. The van der Waals surface area contributed by atoms with E-state index in [9.17, 15) is 5.11 Å². The normalized spacial score (nSPS) is 11.2. The molecule has 0 unspecified atom stereocenters. The van der Waals surface area contributed by atoms with E-state index in [0.29, 0.717) is 26.3 Å². The lowest BCUT2D eigenvalue weighted by molar-refractivity contribution is 0.464. The van der Waals surface area contributed by atoms with Crippen LogP contribution in [0.2, 0.25) is 15.1 Å². The summed E-state index contributed by atoms with van der Waals surface area (Å²) in [5, 5.41) is 19.0. The maximum atomic E-state index is 9.87. The first-order valence-electron chi connectivity index (χ1n) is 5.78. The summed E-state index contributed by atoms with van der Waals surface area (Å²) in [6.07, 6.45) is 0. The molecule has 6 heteroatoms. The first kappa shape index (κ1) is 15.1. The standard InChI is InChI=1S/C14H11Cl3N2O/c1-8-3-2-4-9(14(8)20)7-18-19-13-11(16)5-10(15)6-12(13)17/h2-6,20H,7H2,1H3. The van der Waals surface area contributed by atoms with Crippen LogP contribution in [-0.4, -0.2) is 5.11 Å². The van der Waals surface area contributed by atoms with Crippen molar-refractivity contribution in [2.45, 2.75) is 13.5 Å². The molecule has 0 fully saturated rings. The highest BCUT2D eigenvalue weighted by Crippen LogP contribution is 2.36. The monoisotopic (exact) mass is 328 g/mol. The third kappa shape index (κ3) is 3.42. The zero-order chi connectivity index (χ0) is 14.7. The van der Waals surface area contributed by atoms with Crippen LogP contribution < -0.4 is 0 Å². The number of rotatable bonds is 3. The van der Waals surface area contributed by atoms with Crippen LogP contribution in [0.3, 0.4) is 0 Å². The second-order valence-corrected chi connectivity index (χ2v) is 5.45. The maximum Gasteiger partial charge on any atom is 0.123 e. The minimum Gasteiger partial charge on any atom is -0.507 e. The van der Waals surface area contributed by atoms with Crippen LogP contribution in [0, 0.1) is 6.92 Å². The minimum absolute atomic E-state index is 0.222. The van der Waals surface area contributed by atoms with Crippen LogP contribution in [0.1, 0.15) is 11.1 Å². The van der Waals surface area contributed by atoms with E-state index in [1.807, 2.05) is 19.1 Å².